The van der Waals surface area contributed by atoms with Gasteiger partial charge in [0.25, 0.3) is 5.91 Å². The quantitative estimate of drug-likeness (QED) is 0.651. The molecule has 0 bridgehead atoms. The van der Waals surface area contributed by atoms with E-state index in [0.29, 0.717) is 18.1 Å². The van der Waals surface area contributed by atoms with Crippen molar-refractivity contribution in [1.82, 2.24) is 15.8 Å². The molecule has 8 nitrogen and oxygen atoms in total. The van der Waals surface area contributed by atoms with Crippen molar-refractivity contribution in [2.75, 3.05) is 11.5 Å². The Kier molecular flexibility index (Phi) is 6.30. The van der Waals surface area contributed by atoms with Crippen LogP contribution in [-0.4, -0.2) is 36.7 Å². The van der Waals surface area contributed by atoms with Crippen LogP contribution in [0.3, 0.4) is 0 Å². The van der Waals surface area contributed by atoms with E-state index >= 15 is 0 Å². The number of aromatic nitrogens is 1. The molecule has 2 heterocycles. The van der Waals surface area contributed by atoms with E-state index in [1.165, 1.54) is 12.3 Å². The van der Waals surface area contributed by atoms with Gasteiger partial charge in [0.15, 0.2) is 9.84 Å². The molecule has 1 aromatic carbocycles. The third-order valence-corrected chi connectivity index (χ3v) is 6.46. The summed E-state index contributed by atoms with van der Waals surface area (Å²) in [4.78, 5) is 28.0. The molecule has 0 spiro atoms. The van der Waals surface area contributed by atoms with Crippen LogP contribution in [0.2, 0.25) is 0 Å². The van der Waals surface area contributed by atoms with Crippen molar-refractivity contribution < 1.29 is 22.7 Å². The van der Waals surface area contributed by atoms with E-state index in [0.717, 1.165) is 4.47 Å². The largest absolute Gasteiger partial charge is 0.439 e. The van der Waals surface area contributed by atoms with Crippen LogP contribution in [0.5, 0.6) is 11.6 Å². The number of sulfone groups is 1. The highest BCUT2D eigenvalue weighted by atomic mass is 79.9. The van der Waals surface area contributed by atoms with Crippen molar-refractivity contribution in [3.05, 3.63) is 52.6 Å². The summed E-state index contributed by atoms with van der Waals surface area (Å²) in [6.07, 6.45) is 1.85. The molecule has 1 unspecified atom stereocenters. The first-order chi connectivity index (χ1) is 13.3. The molecule has 1 fully saturated rings. The van der Waals surface area contributed by atoms with E-state index in [2.05, 4.69) is 31.8 Å². The number of nitrogens with zero attached hydrogens (tertiary/aromatic N) is 1. The predicted molar refractivity (Wildman–Crippen MR) is 105 cm³/mol. The molecule has 10 heteroatoms. The highest BCUT2D eigenvalue weighted by Crippen LogP contribution is 2.23. The molecule has 1 saturated heterocycles. The van der Waals surface area contributed by atoms with Crippen molar-refractivity contribution in [3.8, 4) is 11.6 Å². The number of rotatable bonds is 5. The molecule has 148 valence electrons. The molecule has 0 radical (unpaired) electrons. The average molecular weight is 468 g/mol. The normalized spacial score (nSPS) is 17.7. The molecule has 1 atom stereocenters. The Hall–Kier alpha value is -2.46. The Labute approximate surface area is 170 Å². The second-order valence-corrected chi connectivity index (χ2v) is 9.56. The minimum Gasteiger partial charge on any atom is -0.439 e. The summed E-state index contributed by atoms with van der Waals surface area (Å²) in [6.45, 7) is 0. The van der Waals surface area contributed by atoms with Gasteiger partial charge in [0.2, 0.25) is 11.8 Å². The molecule has 1 aliphatic heterocycles. The zero-order valence-electron chi connectivity index (χ0n) is 14.7. The summed E-state index contributed by atoms with van der Waals surface area (Å²) in [7, 11) is -3.03. The van der Waals surface area contributed by atoms with Gasteiger partial charge in [-0.25, -0.2) is 13.4 Å². The number of ether oxygens (including phenoxy) is 1. The van der Waals surface area contributed by atoms with Gasteiger partial charge < -0.3 is 4.74 Å². The van der Waals surface area contributed by atoms with Crippen LogP contribution in [0.15, 0.2) is 47.1 Å². The van der Waals surface area contributed by atoms with Gasteiger partial charge in [-0.15, -0.1) is 0 Å². The van der Waals surface area contributed by atoms with Crippen LogP contribution < -0.4 is 15.6 Å². The summed E-state index contributed by atoms with van der Waals surface area (Å²) in [6, 6.07) is 10.3. The smallest absolute Gasteiger partial charge is 0.271 e. The minimum absolute atomic E-state index is 0.0116. The van der Waals surface area contributed by atoms with Crippen LogP contribution in [0.4, 0.5) is 0 Å². The third kappa shape index (κ3) is 5.77. The molecule has 2 N–H and O–H groups in total. The predicted octanol–water partition coefficient (Wildman–Crippen LogP) is 2.22. The SMILES string of the molecule is O=C(CC1CCS(=O)(=O)C1)NNC(=O)c1ccc(Oc2cccc(Br)c2)nc1. The summed E-state index contributed by atoms with van der Waals surface area (Å²) in [5.74, 6) is -0.138. The Morgan fingerprint density at radius 2 is 2.04 bits per heavy atom. The number of amides is 2. The first kappa shape index (κ1) is 20.3. The van der Waals surface area contributed by atoms with Crippen LogP contribution in [-0.2, 0) is 14.6 Å². The van der Waals surface area contributed by atoms with Gasteiger partial charge in [0.1, 0.15) is 5.75 Å². The van der Waals surface area contributed by atoms with Gasteiger partial charge in [-0.2, -0.15) is 0 Å². The number of hydrogen-bond acceptors (Lipinski definition) is 6. The number of benzene rings is 1. The van der Waals surface area contributed by atoms with E-state index in [4.69, 9.17) is 4.74 Å². The minimum atomic E-state index is -3.03. The van der Waals surface area contributed by atoms with Crippen LogP contribution >= 0.6 is 15.9 Å². The Bertz CT molecular complexity index is 979. The maximum atomic E-state index is 12.1. The number of hydrazine groups is 1. The fraction of sp³-hybridized carbons (Fsp3) is 0.278. The third-order valence-electron chi connectivity index (χ3n) is 4.13. The number of hydrogen-bond donors (Lipinski definition) is 2. The van der Waals surface area contributed by atoms with Crippen LogP contribution in [0.1, 0.15) is 23.2 Å². The number of pyridine rings is 1. The molecule has 3 rings (SSSR count). The summed E-state index contributed by atoms with van der Waals surface area (Å²) >= 11 is 3.35. The first-order valence-electron chi connectivity index (χ1n) is 8.50. The summed E-state index contributed by atoms with van der Waals surface area (Å²) in [5.41, 5.74) is 4.83. The lowest BCUT2D eigenvalue weighted by molar-refractivity contribution is -0.122. The van der Waals surface area contributed by atoms with E-state index in [1.54, 1.807) is 18.2 Å². The second-order valence-electron chi connectivity index (χ2n) is 6.42. The van der Waals surface area contributed by atoms with Crippen molar-refractivity contribution in [3.63, 3.8) is 0 Å². The molecule has 2 aromatic rings. The van der Waals surface area contributed by atoms with Crippen molar-refractivity contribution in [2.24, 2.45) is 5.92 Å². The fourth-order valence-corrected chi connectivity index (χ4v) is 5.01. The number of halogens is 1. The molecule has 0 saturated carbocycles. The average Bonchev–Trinajstić information content (AvgIpc) is 2.98. The van der Waals surface area contributed by atoms with Crippen molar-refractivity contribution in [1.29, 1.82) is 0 Å². The van der Waals surface area contributed by atoms with Gasteiger partial charge in [0.05, 0.1) is 17.1 Å². The second kappa shape index (κ2) is 8.70. The lowest BCUT2D eigenvalue weighted by Gasteiger charge is -2.10. The fourth-order valence-electron chi connectivity index (χ4n) is 2.77. The topological polar surface area (TPSA) is 114 Å². The summed E-state index contributed by atoms with van der Waals surface area (Å²) in [5, 5.41) is 0. The molecule has 2 amide bonds. The van der Waals surface area contributed by atoms with Crippen molar-refractivity contribution >= 4 is 37.6 Å². The van der Waals surface area contributed by atoms with Crippen LogP contribution in [0, 0.1) is 5.92 Å². The summed E-state index contributed by atoms with van der Waals surface area (Å²) < 4.78 is 29.3. The standard InChI is InChI=1S/C18H18BrN3O5S/c19-14-2-1-3-15(9-14)27-17-5-4-13(10-20-17)18(24)22-21-16(23)8-12-6-7-28(25,26)11-12/h1-5,9-10,12H,6-8,11H2,(H,21,23)(H,22,24). The Morgan fingerprint density at radius 3 is 2.68 bits per heavy atom. The monoisotopic (exact) mass is 467 g/mol. The van der Waals surface area contributed by atoms with Gasteiger partial charge in [-0.1, -0.05) is 22.0 Å². The first-order valence-corrected chi connectivity index (χ1v) is 11.1. The molecule has 1 aromatic heterocycles. The van der Waals surface area contributed by atoms with E-state index in [1.807, 2.05) is 12.1 Å². The zero-order chi connectivity index (χ0) is 20.1. The van der Waals surface area contributed by atoms with E-state index < -0.39 is 21.7 Å². The zero-order valence-corrected chi connectivity index (χ0v) is 17.1. The van der Waals surface area contributed by atoms with Crippen LogP contribution in [0.25, 0.3) is 0 Å². The van der Waals surface area contributed by atoms with E-state index in [-0.39, 0.29) is 29.4 Å². The number of nitrogens with one attached hydrogen (secondary N) is 2. The van der Waals surface area contributed by atoms with Gasteiger partial charge in [-0.05, 0) is 36.6 Å². The lowest BCUT2D eigenvalue weighted by atomic mass is 10.1. The highest BCUT2D eigenvalue weighted by Gasteiger charge is 2.29. The van der Waals surface area contributed by atoms with Gasteiger partial charge >= 0.3 is 0 Å². The molecule has 0 aliphatic carbocycles. The van der Waals surface area contributed by atoms with Gasteiger partial charge in [-0.3, -0.25) is 20.4 Å². The molecule has 1 aliphatic rings. The maximum absolute atomic E-state index is 12.1. The molecular formula is C18H18BrN3O5S. The number of carbonyl (C=O) groups is 2. The maximum Gasteiger partial charge on any atom is 0.271 e. The van der Waals surface area contributed by atoms with E-state index in [9.17, 15) is 18.0 Å². The van der Waals surface area contributed by atoms with Crippen molar-refractivity contribution in [2.45, 2.75) is 12.8 Å². The highest BCUT2D eigenvalue weighted by molar-refractivity contribution is 9.10. The van der Waals surface area contributed by atoms with Gasteiger partial charge in [0, 0.05) is 23.2 Å². The molecular weight excluding hydrogens is 450 g/mol. The Balaban J connectivity index is 1.48. The Morgan fingerprint density at radius 1 is 1.21 bits per heavy atom. The molecule has 28 heavy (non-hydrogen) atoms. The lowest BCUT2D eigenvalue weighted by Crippen LogP contribution is -2.42. The number of carbonyl (C=O) groups excluding carboxylic acids is 2.